The van der Waals surface area contributed by atoms with Gasteiger partial charge >= 0.3 is 12.2 Å². The molecule has 6 nitrogen and oxygen atoms in total. The van der Waals surface area contributed by atoms with Gasteiger partial charge in [0.05, 0.1) is 6.54 Å². The Balaban J connectivity index is 2.48. The topological polar surface area (TPSA) is 67.9 Å². The van der Waals surface area contributed by atoms with Crippen molar-refractivity contribution in [2.24, 2.45) is 0 Å². The van der Waals surface area contributed by atoms with Crippen LogP contribution in [0.2, 0.25) is 0 Å². The van der Waals surface area contributed by atoms with E-state index in [9.17, 15) is 9.59 Å². The minimum absolute atomic E-state index is 0.258. The number of likely N-dealkylation sites (tertiary alicyclic amines) is 1. The molecule has 2 amide bonds. The standard InChI is InChI=1S/C12H22N2O4/c1-12(2,3)18-11(16)14-7-5-6-9(8-14)17-10(15)13-4/h9H,5-8H2,1-4H3,(H,13,15). The Labute approximate surface area is 108 Å². The molecule has 1 unspecified atom stereocenters. The summed E-state index contributed by atoms with van der Waals surface area (Å²) in [5.74, 6) is 0. The molecule has 0 saturated carbocycles. The summed E-state index contributed by atoms with van der Waals surface area (Å²) >= 11 is 0. The van der Waals surface area contributed by atoms with Gasteiger partial charge in [0.1, 0.15) is 11.7 Å². The lowest BCUT2D eigenvalue weighted by molar-refractivity contribution is -0.000736. The molecule has 104 valence electrons. The maximum Gasteiger partial charge on any atom is 0.410 e. The molecular weight excluding hydrogens is 236 g/mol. The van der Waals surface area contributed by atoms with Crippen molar-refractivity contribution >= 4 is 12.2 Å². The van der Waals surface area contributed by atoms with E-state index in [1.54, 1.807) is 4.90 Å². The second-order valence-electron chi connectivity index (χ2n) is 5.35. The summed E-state index contributed by atoms with van der Waals surface area (Å²) in [7, 11) is 1.51. The van der Waals surface area contributed by atoms with Crippen LogP contribution in [-0.2, 0) is 9.47 Å². The van der Waals surface area contributed by atoms with E-state index >= 15 is 0 Å². The summed E-state index contributed by atoms with van der Waals surface area (Å²) in [5, 5.41) is 2.40. The molecule has 0 radical (unpaired) electrons. The van der Waals surface area contributed by atoms with Crippen molar-refractivity contribution in [1.82, 2.24) is 10.2 Å². The van der Waals surface area contributed by atoms with Crippen LogP contribution in [0, 0.1) is 0 Å². The zero-order valence-corrected chi connectivity index (χ0v) is 11.5. The van der Waals surface area contributed by atoms with Crippen LogP contribution >= 0.6 is 0 Å². The van der Waals surface area contributed by atoms with Crippen LogP contribution in [0.5, 0.6) is 0 Å². The van der Waals surface area contributed by atoms with Crippen molar-refractivity contribution in [1.29, 1.82) is 0 Å². The quantitative estimate of drug-likeness (QED) is 0.778. The summed E-state index contributed by atoms with van der Waals surface area (Å²) in [6.45, 7) is 6.51. The van der Waals surface area contributed by atoms with Gasteiger partial charge in [-0.3, -0.25) is 0 Å². The van der Waals surface area contributed by atoms with E-state index in [1.807, 2.05) is 20.8 Å². The summed E-state index contributed by atoms with van der Waals surface area (Å²) < 4.78 is 10.4. The van der Waals surface area contributed by atoms with Gasteiger partial charge in [0, 0.05) is 13.6 Å². The molecule has 0 bridgehead atoms. The lowest BCUT2D eigenvalue weighted by atomic mass is 10.1. The number of nitrogens with zero attached hydrogens (tertiary/aromatic N) is 1. The number of hydrogen-bond acceptors (Lipinski definition) is 4. The molecule has 1 rings (SSSR count). The van der Waals surface area contributed by atoms with Crippen LogP contribution in [0.3, 0.4) is 0 Å². The molecule has 0 aromatic carbocycles. The van der Waals surface area contributed by atoms with E-state index in [0.29, 0.717) is 13.1 Å². The molecule has 1 heterocycles. The Morgan fingerprint density at radius 3 is 2.56 bits per heavy atom. The van der Waals surface area contributed by atoms with E-state index < -0.39 is 11.7 Å². The molecule has 1 fully saturated rings. The first-order valence-corrected chi connectivity index (χ1v) is 6.18. The zero-order chi connectivity index (χ0) is 13.8. The fourth-order valence-electron chi connectivity index (χ4n) is 1.74. The predicted molar refractivity (Wildman–Crippen MR) is 66.4 cm³/mol. The number of rotatable bonds is 1. The third-order valence-corrected chi connectivity index (χ3v) is 2.51. The molecule has 18 heavy (non-hydrogen) atoms. The largest absolute Gasteiger partial charge is 0.444 e. The average Bonchev–Trinajstić information content (AvgIpc) is 2.27. The summed E-state index contributed by atoms with van der Waals surface area (Å²) in [6, 6.07) is 0. The van der Waals surface area contributed by atoms with Gasteiger partial charge in [0.2, 0.25) is 0 Å². The van der Waals surface area contributed by atoms with Crippen LogP contribution in [0.15, 0.2) is 0 Å². The first kappa shape index (κ1) is 14.6. The first-order chi connectivity index (χ1) is 8.31. The Hall–Kier alpha value is -1.46. The fourth-order valence-corrected chi connectivity index (χ4v) is 1.74. The lowest BCUT2D eigenvalue weighted by Gasteiger charge is -2.33. The number of piperidine rings is 1. The molecular formula is C12H22N2O4. The highest BCUT2D eigenvalue weighted by molar-refractivity contribution is 5.69. The normalized spacial score (nSPS) is 20.2. The Morgan fingerprint density at radius 2 is 2.00 bits per heavy atom. The molecule has 6 heteroatoms. The summed E-state index contributed by atoms with van der Waals surface area (Å²) in [4.78, 5) is 24.6. The van der Waals surface area contributed by atoms with Gasteiger partial charge in [-0.2, -0.15) is 0 Å². The molecule has 0 aliphatic carbocycles. The number of amides is 2. The minimum atomic E-state index is -0.508. The third kappa shape index (κ3) is 4.81. The van der Waals surface area contributed by atoms with Gasteiger partial charge in [-0.1, -0.05) is 0 Å². The van der Waals surface area contributed by atoms with Crippen molar-refractivity contribution in [3.8, 4) is 0 Å². The molecule has 1 N–H and O–H groups in total. The monoisotopic (exact) mass is 258 g/mol. The average molecular weight is 258 g/mol. The Morgan fingerprint density at radius 1 is 1.33 bits per heavy atom. The Kier molecular flexibility index (Phi) is 4.81. The molecule has 0 aromatic heterocycles. The van der Waals surface area contributed by atoms with Gasteiger partial charge in [-0.25, -0.2) is 9.59 Å². The van der Waals surface area contributed by atoms with Gasteiger partial charge in [0.25, 0.3) is 0 Å². The highest BCUT2D eigenvalue weighted by Gasteiger charge is 2.29. The van der Waals surface area contributed by atoms with Crippen LogP contribution in [0.25, 0.3) is 0 Å². The first-order valence-electron chi connectivity index (χ1n) is 6.18. The number of nitrogens with one attached hydrogen (secondary N) is 1. The zero-order valence-electron chi connectivity index (χ0n) is 11.5. The molecule has 1 atom stereocenters. The minimum Gasteiger partial charge on any atom is -0.444 e. The molecule has 0 aromatic rings. The second kappa shape index (κ2) is 5.93. The maximum atomic E-state index is 11.9. The van der Waals surface area contributed by atoms with Crippen LogP contribution in [0.1, 0.15) is 33.6 Å². The molecule has 0 spiro atoms. The van der Waals surface area contributed by atoms with Gasteiger partial charge in [-0.15, -0.1) is 0 Å². The van der Waals surface area contributed by atoms with E-state index in [4.69, 9.17) is 9.47 Å². The van der Waals surface area contributed by atoms with Crippen molar-refractivity contribution in [2.45, 2.75) is 45.3 Å². The number of ether oxygens (including phenoxy) is 2. The SMILES string of the molecule is CNC(=O)OC1CCCN(C(=O)OC(C)(C)C)C1. The van der Waals surface area contributed by atoms with Crippen LogP contribution in [0.4, 0.5) is 9.59 Å². The fraction of sp³-hybridized carbons (Fsp3) is 0.833. The summed E-state index contributed by atoms with van der Waals surface area (Å²) in [5.41, 5.74) is -0.508. The van der Waals surface area contributed by atoms with Crippen molar-refractivity contribution in [2.75, 3.05) is 20.1 Å². The van der Waals surface area contributed by atoms with E-state index in [0.717, 1.165) is 12.8 Å². The smallest absolute Gasteiger partial charge is 0.410 e. The van der Waals surface area contributed by atoms with Crippen molar-refractivity contribution in [3.63, 3.8) is 0 Å². The van der Waals surface area contributed by atoms with Crippen LogP contribution in [-0.4, -0.2) is 48.9 Å². The number of carbonyl (C=O) groups excluding carboxylic acids is 2. The van der Waals surface area contributed by atoms with Gasteiger partial charge < -0.3 is 19.7 Å². The number of hydrogen-bond donors (Lipinski definition) is 1. The summed E-state index contributed by atoms with van der Waals surface area (Å²) in [6.07, 6.45) is 0.498. The molecule has 1 aliphatic rings. The lowest BCUT2D eigenvalue weighted by Crippen LogP contribution is -2.46. The number of carbonyl (C=O) groups is 2. The van der Waals surface area contributed by atoms with Crippen molar-refractivity contribution in [3.05, 3.63) is 0 Å². The van der Waals surface area contributed by atoms with Gasteiger partial charge in [0.15, 0.2) is 0 Å². The van der Waals surface area contributed by atoms with Crippen LogP contribution < -0.4 is 5.32 Å². The Bertz CT molecular complexity index is 312. The van der Waals surface area contributed by atoms with E-state index in [2.05, 4.69) is 5.32 Å². The molecule has 1 aliphatic heterocycles. The van der Waals surface area contributed by atoms with E-state index in [1.165, 1.54) is 7.05 Å². The third-order valence-electron chi connectivity index (χ3n) is 2.51. The molecule has 1 saturated heterocycles. The number of alkyl carbamates (subject to hydrolysis) is 1. The predicted octanol–water partition coefficient (Wildman–Crippen LogP) is 1.74. The maximum absolute atomic E-state index is 11.9. The van der Waals surface area contributed by atoms with Crippen molar-refractivity contribution < 1.29 is 19.1 Å². The second-order valence-corrected chi connectivity index (χ2v) is 5.35. The highest BCUT2D eigenvalue weighted by Crippen LogP contribution is 2.17. The highest BCUT2D eigenvalue weighted by atomic mass is 16.6. The van der Waals surface area contributed by atoms with E-state index in [-0.39, 0.29) is 12.2 Å². The van der Waals surface area contributed by atoms with Gasteiger partial charge in [-0.05, 0) is 33.6 Å².